The van der Waals surface area contributed by atoms with Gasteiger partial charge in [-0.15, -0.1) is 12.6 Å². The molecular weight excluding hydrogens is 270 g/mol. The number of thiol groups is 1. The molecule has 5 heteroatoms. The van der Waals surface area contributed by atoms with Crippen LogP contribution in [-0.4, -0.2) is 24.7 Å². The highest BCUT2D eigenvalue weighted by Gasteiger charge is 2.30. The van der Waals surface area contributed by atoms with Crippen molar-refractivity contribution < 1.29 is 9.53 Å². The van der Waals surface area contributed by atoms with Crippen molar-refractivity contribution in [1.82, 2.24) is 5.32 Å². The fourth-order valence-electron chi connectivity index (χ4n) is 2.03. The van der Waals surface area contributed by atoms with Crippen LogP contribution in [0.1, 0.15) is 30.1 Å². The van der Waals surface area contributed by atoms with Gasteiger partial charge < -0.3 is 10.1 Å². The van der Waals surface area contributed by atoms with Crippen molar-refractivity contribution in [3.63, 3.8) is 0 Å². The molecule has 0 bridgehead atoms. The highest BCUT2D eigenvalue weighted by molar-refractivity contribution is 7.80. The number of benzene rings is 1. The number of halogens is 1. The lowest BCUT2D eigenvalue weighted by atomic mass is 10.0. The smallest absolute Gasteiger partial charge is 0.252 e. The third-order valence-corrected chi connectivity index (χ3v) is 3.73. The molecule has 98 valence electrons. The van der Waals surface area contributed by atoms with Crippen molar-refractivity contribution in [2.24, 2.45) is 0 Å². The lowest BCUT2D eigenvalue weighted by Gasteiger charge is -2.23. The van der Waals surface area contributed by atoms with Gasteiger partial charge in [-0.25, -0.2) is 0 Å². The number of hydrogen-bond acceptors (Lipinski definition) is 3. The Labute approximate surface area is 117 Å². The molecule has 0 radical (unpaired) electrons. The fraction of sp³-hybridized carbons (Fsp3) is 0.462. The molecule has 1 fully saturated rings. The molecule has 18 heavy (non-hydrogen) atoms. The van der Waals surface area contributed by atoms with Gasteiger partial charge in [-0.2, -0.15) is 0 Å². The predicted molar refractivity (Wildman–Crippen MR) is 74.6 cm³/mol. The number of nitrogens with one attached hydrogen (secondary N) is 1. The minimum Gasteiger partial charge on any atom is -0.373 e. The third-order valence-electron chi connectivity index (χ3n) is 3.12. The van der Waals surface area contributed by atoms with E-state index in [1.165, 1.54) is 0 Å². The van der Waals surface area contributed by atoms with Gasteiger partial charge >= 0.3 is 0 Å². The van der Waals surface area contributed by atoms with Crippen LogP contribution in [0.15, 0.2) is 23.1 Å². The molecule has 1 amide bonds. The summed E-state index contributed by atoms with van der Waals surface area (Å²) >= 11 is 10.2. The third kappa shape index (κ3) is 3.19. The summed E-state index contributed by atoms with van der Waals surface area (Å²) in [6.07, 6.45) is 2.01. The molecule has 1 saturated heterocycles. The fourth-order valence-corrected chi connectivity index (χ4v) is 2.43. The van der Waals surface area contributed by atoms with Crippen LogP contribution >= 0.6 is 24.2 Å². The maximum atomic E-state index is 12.0. The van der Waals surface area contributed by atoms with E-state index in [2.05, 4.69) is 17.9 Å². The van der Waals surface area contributed by atoms with E-state index >= 15 is 0 Å². The Morgan fingerprint density at radius 3 is 3.06 bits per heavy atom. The number of carbonyl (C=O) groups excluding carboxylic acids is 1. The van der Waals surface area contributed by atoms with Gasteiger partial charge in [-0.05, 0) is 38.0 Å². The van der Waals surface area contributed by atoms with Crippen LogP contribution in [0.4, 0.5) is 0 Å². The van der Waals surface area contributed by atoms with E-state index in [0.29, 0.717) is 22.0 Å². The Balaban J connectivity index is 2.01. The average Bonchev–Trinajstić information content (AvgIpc) is 2.77. The van der Waals surface area contributed by atoms with E-state index in [-0.39, 0.29) is 11.5 Å². The first kappa shape index (κ1) is 13.7. The second kappa shape index (κ2) is 5.51. The number of hydrogen-bond donors (Lipinski definition) is 2. The number of carbonyl (C=O) groups is 1. The molecule has 2 rings (SSSR count). The summed E-state index contributed by atoms with van der Waals surface area (Å²) in [6.45, 7) is 3.27. The lowest BCUT2D eigenvalue weighted by Crippen LogP contribution is -2.40. The Hall–Kier alpha value is -0.710. The van der Waals surface area contributed by atoms with E-state index in [4.69, 9.17) is 16.3 Å². The van der Waals surface area contributed by atoms with Crippen LogP contribution in [0.2, 0.25) is 5.02 Å². The molecule has 1 aromatic rings. The van der Waals surface area contributed by atoms with Crippen LogP contribution in [0, 0.1) is 0 Å². The molecule has 1 unspecified atom stereocenters. The highest BCUT2D eigenvalue weighted by Crippen LogP contribution is 2.24. The monoisotopic (exact) mass is 285 g/mol. The molecule has 1 atom stereocenters. The van der Waals surface area contributed by atoms with Crippen molar-refractivity contribution >= 4 is 30.1 Å². The van der Waals surface area contributed by atoms with Crippen LogP contribution < -0.4 is 5.32 Å². The number of rotatable bonds is 3. The van der Waals surface area contributed by atoms with Crippen molar-refractivity contribution in [2.75, 3.05) is 13.2 Å². The van der Waals surface area contributed by atoms with Crippen molar-refractivity contribution in [3.05, 3.63) is 28.8 Å². The number of amides is 1. The van der Waals surface area contributed by atoms with E-state index in [0.717, 1.165) is 19.4 Å². The molecule has 1 N–H and O–H groups in total. The van der Waals surface area contributed by atoms with Gasteiger partial charge in [0.1, 0.15) is 0 Å². The first-order chi connectivity index (χ1) is 8.50. The number of ether oxygens (including phenoxy) is 1. The molecule has 3 nitrogen and oxygen atoms in total. The van der Waals surface area contributed by atoms with Crippen molar-refractivity contribution in [3.8, 4) is 0 Å². The summed E-state index contributed by atoms with van der Waals surface area (Å²) in [5.74, 6) is -0.187. The van der Waals surface area contributed by atoms with E-state index in [1.54, 1.807) is 18.2 Å². The van der Waals surface area contributed by atoms with Gasteiger partial charge in [0.05, 0.1) is 16.2 Å². The Kier molecular flexibility index (Phi) is 4.20. The van der Waals surface area contributed by atoms with Crippen molar-refractivity contribution in [2.45, 2.75) is 30.3 Å². The molecule has 0 aliphatic carbocycles. The molecule has 1 aliphatic heterocycles. The lowest BCUT2D eigenvalue weighted by molar-refractivity contribution is 0.0206. The molecule has 1 heterocycles. The first-order valence-electron chi connectivity index (χ1n) is 5.91. The summed E-state index contributed by atoms with van der Waals surface area (Å²) in [6, 6.07) is 5.09. The minimum atomic E-state index is -0.249. The molecule has 0 saturated carbocycles. The standard InChI is InChI=1S/C13H16ClNO2S/c1-13(5-2-6-17-13)8-15-12(16)10-7-9(18)3-4-11(10)14/h3-4,7,18H,2,5-6,8H2,1H3,(H,15,16). The van der Waals surface area contributed by atoms with Gasteiger partial charge in [-0.1, -0.05) is 11.6 Å². The molecule has 0 aromatic heterocycles. The summed E-state index contributed by atoms with van der Waals surface area (Å²) in [5, 5.41) is 3.30. The second-order valence-electron chi connectivity index (χ2n) is 4.75. The molecule has 0 spiro atoms. The maximum absolute atomic E-state index is 12.0. The summed E-state index contributed by atoms with van der Waals surface area (Å²) in [5.41, 5.74) is 0.200. The zero-order valence-electron chi connectivity index (χ0n) is 10.2. The molecule has 1 aliphatic rings. The maximum Gasteiger partial charge on any atom is 0.252 e. The largest absolute Gasteiger partial charge is 0.373 e. The average molecular weight is 286 g/mol. The van der Waals surface area contributed by atoms with Crippen LogP contribution in [0.5, 0.6) is 0 Å². The second-order valence-corrected chi connectivity index (χ2v) is 5.67. The first-order valence-corrected chi connectivity index (χ1v) is 6.73. The zero-order valence-corrected chi connectivity index (χ0v) is 11.9. The Bertz CT molecular complexity index is 458. The minimum absolute atomic E-state index is 0.187. The molecule has 1 aromatic carbocycles. The Morgan fingerprint density at radius 1 is 1.61 bits per heavy atom. The van der Waals surface area contributed by atoms with Crippen LogP contribution in [0.25, 0.3) is 0 Å². The van der Waals surface area contributed by atoms with E-state index in [9.17, 15) is 4.79 Å². The highest BCUT2D eigenvalue weighted by atomic mass is 35.5. The zero-order chi connectivity index (χ0) is 13.2. The van der Waals surface area contributed by atoms with Gasteiger partial charge in [0.15, 0.2) is 0 Å². The van der Waals surface area contributed by atoms with Crippen LogP contribution in [-0.2, 0) is 4.74 Å². The van der Waals surface area contributed by atoms with Gasteiger partial charge in [0, 0.05) is 18.0 Å². The topological polar surface area (TPSA) is 38.3 Å². The summed E-state index contributed by atoms with van der Waals surface area (Å²) < 4.78 is 5.62. The van der Waals surface area contributed by atoms with Crippen molar-refractivity contribution in [1.29, 1.82) is 0 Å². The van der Waals surface area contributed by atoms with Gasteiger partial charge in [0.25, 0.3) is 5.91 Å². The van der Waals surface area contributed by atoms with Gasteiger partial charge in [-0.3, -0.25) is 4.79 Å². The molecular formula is C13H16ClNO2S. The predicted octanol–water partition coefficient (Wildman–Crippen LogP) is 2.93. The normalized spacial score (nSPS) is 23.1. The SMILES string of the molecule is CC1(CNC(=O)c2cc(S)ccc2Cl)CCCO1. The van der Waals surface area contributed by atoms with Gasteiger partial charge in [0.2, 0.25) is 0 Å². The quantitative estimate of drug-likeness (QED) is 0.838. The van der Waals surface area contributed by atoms with Crippen LogP contribution in [0.3, 0.4) is 0 Å². The van der Waals surface area contributed by atoms with E-state index < -0.39 is 0 Å². The summed E-state index contributed by atoms with van der Waals surface area (Å²) in [4.78, 5) is 12.7. The Morgan fingerprint density at radius 2 is 2.39 bits per heavy atom. The summed E-state index contributed by atoms with van der Waals surface area (Å²) in [7, 11) is 0. The van der Waals surface area contributed by atoms with E-state index in [1.807, 2.05) is 6.92 Å².